The maximum absolute atomic E-state index is 10.3. The number of thioether (sulfide) groups is 2. The highest BCUT2D eigenvalue weighted by Crippen LogP contribution is 2.22. The molecule has 1 aliphatic rings. The summed E-state index contributed by atoms with van der Waals surface area (Å²) in [5.41, 5.74) is 0. The van der Waals surface area contributed by atoms with Gasteiger partial charge in [0.25, 0.3) is 0 Å². The summed E-state index contributed by atoms with van der Waals surface area (Å²) in [5, 5.41) is 10.7. The zero-order valence-corrected chi connectivity index (χ0v) is 6.26. The Morgan fingerprint density at radius 1 is 1.50 bits per heavy atom. The van der Waals surface area contributed by atoms with E-state index >= 15 is 0 Å². The van der Waals surface area contributed by atoms with Crippen LogP contribution in [0.2, 0.25) is 0 Å². The molecule has 1 unspecified atom stereocenters. The van der Waals surface area contributed by atoms with Crippen LogP contribution in [0.1, 0.15) is 0 Å². The Balaban J connectivity index is 2.13. The van der Waals surface area contributed by atoms with Gasteiger partial charge in [-0.15, -0.1) is 0 Å². The van der Waals surface area contributed by atoms with Crippen molar-refractivity contribution >= 4 is 23.5 Å². The number of rotatable bonds is 1. The predicted molar refractivity (Wildman–Crippen MR) is 39.1 cm³/mol. The van der Waals surface area contributed by atoms with Gasteiger partial charge >= 0.3 is 0 Å². The molecule has 0 bridgehead atoms. The zero-order valence-electron chi connectivity index (χ0n) is 4.63. The van der Waals surface area contributed by atoms with Crippen molar-refractivity contribution in [2.45, 2.75) is 5.25 Å². The maximum Gasteiger partial charge on any atom is 0.0948 e. The van der Waals surface area contributed by atoms with E-state index < -0.39 is 0 Å². The van der Waals surface area contributed by atoms with Crippen LogP contribution in [0.25, 0.3) is 0 Å². The van der Waals surface area contributed by atoms with E-state index in [2.05, 4.69) is 0 Å². The van der Waals surface area contributed by atoms with Crippen molar-refractivity contribution in [3.05, 3.63) is 0 Å². The lowest BCUT2D eigenvalue weighted by Gasteiger charge is -2.16. The molecule has 1 nitrogen and oxygen atoms in total. The van der Waals surface area contributed by atoms with Gasteiger partial charge in [0.05, 0.1) is 6.61 Å². The van der Waals surface area contributed by atoms with Crippen LogP contribution >= 0.6 is 23.5 Å². The quantitative estimate of drug-likeness (QED) is 0.559. The van der Waals surface area contributed by atoms with Crippen molar-refractivity contribution in [1.82, 2.24) is 0 Å². The molecule has 47 valence electrons. The van der Waals surface area contributed by atoms with Gasteiger partial charge in [-0.25, -0.2) is 5.11 Å². The predicted octanol–water partition coefficient (Wildman–Crippen LogP) is 1.27. The third kappa shape index (κ3) is 1.88. The number of hydrogen-bond acceptors (Lipinski definition) is 2. The van der Waals surface area contributed by atoms with Gasteiger partial charge in [-0.1, -0.05) is 0 Å². The molecule has 0 saturated carbocycles. The molecule has 1 radical (unpaired) electrons. The molecule has 1 atom stereocenters. The largest absolute Gasteiger partial charge is 0.235 e. The van der Waals surface area contributed by atoms with Crippen molar-refractivity contribution < 1.29 is 5.11 Å². The van der Waals surface area contributed by atoms with E-state index in [4.69, 9.17) is 0 Å². The summed E-state index contributed by atoms with van der Waals surface area (Å²) < 4.78 is 0. The van der Waals surface area contributed by atoms with Crippen molar-refractivity contribution in [3.8, 4) is 0 Å². The minimum Gasteiger partial charge on any atom is -0.235 e. The molecule has 0 spiro atoms. The average molecular weight is 149 g/mol. The summed E-state index contributed by atoms with van der Waals surface area (Å²) in [6.45, 7) is 0.109. The molecule has 0 amide bonds. The first-order valence-electron chi connectivity index (χ1n) is 2.71. The van der Waals surface area contributed by atoms with E-state index in [0.717, 1.165) is 5.75 Å². The van der Waals surface area contributed by atoms with Crippen LogP contribution in [0, 0.1) is 0 Å². The van der Waals surface area contributed by atoms with Crippen LogP contribution in [-0.2, 0) is 5.11 Å². The molecule has 0 aromatic heterocycles. The summed E-state index contributed by atoms with van der Waals surface area (Å²) in [7, 11) is 0. The van der Waals surface area contributed by atoms with Crippen LogP contribution < -0.4 is 0 Å². The summed E-state index contributed by atoms with van der Waals surface area (Å²) in [5.74, 6) is 3.49. The van der Waals surface area contributed by atoms with Crippen LogP contribution in [0.4, 0.5) is 0 Å². The van der Waals surface area contributed by atoms with E-state index in [0.29, 0.717) is 5.25 Å². The van der Waals surface area contributed by atoms with E-state index in [-0.39, 0.29) is 6.61 Å². The molecule has 0 aromatic carbocycles. The van der Waals surface area contributed by atoms with E-state index in [9.17, 15) is 5.11 Å². The minimum absolute atomic E-state index is 0.109. The molecule has 0 aliphatic carbocycles. The molecule has 1 aliphatic heterocycles. The van der Waals surface area contributed by atoms with Crippen LogP contribution in [-0.4, -0.2) is 29.1 Å². The second kappa shape index (κ2) is 3.64. The Hall–Kier alpha value is 0.660. The fourth-order valence-electron chi connectivity index (χ4n) is 0.633. The van der Waals surface area contributed by atoms with Crippen LogP contribution in [0.5, 0.6) is 0 Å². The van der Waals surface area contributed by atoms with Crippen molar-refractivity contribution in [2.24, 2.45) is 0 Å². The fourth-order valence-corrected chi connectivity index (χ4v) is 3.12. The van der Waals surface area contributed by atoms with Crippen LogP contribution in [0.15, 0.2) is 0 Å². The van der Waals surface area contributed by atoms with Gasteiger partial charge in [0.1, 0.15) is 0 Å². The first-order chi connectivity index (χ1) is 3.93. The molecule has 1 heterocycles. The van der Waals surface area contributed by atoms with Gasteiger partial charge < -0.3 is 0 Å². The summed E-state index contributed by atoms with van der Waals surface area (Å²) in [6, 6.07) is 0. The monoisotopic (exact) mass is 149 g/mol. The van der Waals surface area contributed by atoms with Gasteiger partial charge in [-0.3, -0.25) is 0 Å². The molecule has 8 heavy (non-hydrogen) atoms. The topological polar surface area (TPSA) is 19.9 Å². The maximum atomic E-state index is 10.3. The van der Waals surface area contributed by atoms with E-state index in [1.54, 1.807) is 0 Å². The van der Waals surface area contributed by atoms with Gasteiger partial charge in [-0.2, -0.15) is 23.5 Å². The zero-order chi connectivity index (χ0) is 5.82. The molecule has 1 saturated heterocycles. The Morgan fingerprint density at radius 3 is 2.75 bits per heavy atom. The first-order valence-corrected chi connectivity index (χ1v) is 4.91. The smallest absolute Gasteiger partial charge is 0.0948 e. The first kappa shape index (κ1) is 6.78. The van der Waals surface area contributed by atoms with Crippen molar-refractivity contribution in [3.63, 3.8) is 0 Å². The SMILES string of the molecule is [O]CC1CSCCS1. The minimum atomic E-state index is 0.109. The Labute approximate surface area is 58.2 Å². The Bertz CT molecular complexity index is 61.4. The molecule has 3 heteroatoms. The molecule has 1 rings (SSSR count). The molecule has 0 N–H and O–H groups in total. The summed E-state index contributed by atoms with van der Waals surface area (Å²) >= 11 is 3.74. The lowest BCUT2D eigenvalue weighted by molar-refractivity contribution is 0.198. The third-order valence-corrected chi connectivity index (χ3v) is 3.89. The molecule has 0 aromatic rings. The van der Waals surface area contributed by atoms with Crippen molar-refractivity contribution in [2.75, 3.05) is 23.9 Å². The average Bonchev–Trinajstić information content (AvgIpc) is 1.90. The molecule has 1 fully saturated rings. The second-order valence-electron chi connectivity index (χ2n) is 1.73. The number of hydrogen-bond donors (Lipinski definition) is 0. The highest BCUT2D eigenvalue weighted by molar-refractivity contribution is 8.06. The van der Waals surface area contributed by atoms with E-state index in [1.165, 1.54) is 11.5 Å². The van der Waals surface area contributed by atoms with Crippen LogP contribution in [0.3, 0.4) is 0 Å². The summed E-state index contributed by atoms with van der Waals surface area (Å²) in [4.78, 5) is 0. The van der Waals surface area contributed by atoms with Crippen molar-refractivity contribution in [1.29, 1.82) is 0 Å². The third-order valence-electron chi connectivity index (χ3n) is 1.07. The molecular weight excluding hydrogens is 140 g/mol. The van der Waals surface area contributed by atoms with Gasteiger partial charge in [-0.05, 0) is 0 Å². The normalized spacial score (nSPS) is 30.4. The highest BCUT2D eigenvalue weighted by Gasteiger charge is 2.12. The Kier molecular flexibility index (Phi) is 3.08. The van der Waals surface area contributed by atoms with E-state index in [1.807, 2.05) is 23.5 Å². The fraction of sp³-hybridized carbons (Fsp3) is 1.00. The Morgan fingerprint density at radius 2 is 2.38 bits per heavy atom. The lowest BCUT2D eigenvalue weighted by Crippen LogP contribution is -2.16. The van der Waals surface area contributed by atoms with Gasteiger partial charge in [0.2, 0.25) is 0 Å². The standard InChI is InChI=1S/C5H9OS2/c6-3-5-4-7-1-2-8-5/h5H,1-4H2. The lowest BCUT2D eigenvalue weighted by atomic mass is 10.5. The summed E-state index contributed by atoms with van der Waals surface area (Å²) in [6.07, 6.45) is 0. The highest BCUT2D eigenvalue weighted by atomic mass is 32.2. The van der Waals surface area contributed by atoms with Gasteiger partial charge in [0, 0.05) is 22.5 Å². The molecular formula is C5H9OS2. The second-order valence-corrected chi connectivity index (χ2v) is 4.29. The van der Waals surface area contributed by atoms with Gasteiger partial charge in [0.15, 0.2) is 0 Å².